The normalized spacial score (nSPS) is 14.0. The van der Waals surface area contributed by atoms with Crippen LogP contribution in [0.2, 0.25) is 5.02 Å². The molecule has 8 nitrogen and oxygen atoms in total. The molecule has 130 valence electrons. The number of hydrogen-bond acceptors (Lipinski definition) is 6. The van der Waals surface area contributed by atoms with Gasteiger partial charge in [-0.15, -0.1) is 0 Å². The van der Waals surface area contributed by atoms with Gasteiger partial charge in [-0.3, -0.25) is 9.59 Å². The predicted molar refractivity (Wildman–Crippen MR) is 86.6 cm³/mol. The van der Waals surface area contributed by atoms with Gasteiger partial charge >= 0.3 is 12.0 Å². The Morgan fingerprint density at radius 2 is 1.72 bits per heavy atom. The van der Waals surface area contributed by atoms with Gasteiger partial charge in [0.15, 0.2) is 0 Å². The average Bonchev–Trinajstić information content (AvgIpc) is 2.83. The Labute approximate surface area is 148 Å². The molecule has 0 saturated carbocycles. The fraction of sp³-hybridized carbons (Fsp3) is 0.250. The van der Waals surface area contributed by atoms with E-state index in [1.165, 1.54) is 18.2 Å². The van der Waals surface area contributed by atoms with Gasteiger partial charge in [-0.05, 0) is 44.5 Å². The van der Waals surface area contributed by atoms with Crippen molar-refractivity contribution >= 4 is 41.1 Å². The van der Waals surface area contributed by atoms with Crippen molar-refractivity contribution in [1.29, 1.82) is 5.53 Å². The van der Waals surface area contributed by atoms with Gasteiger partial charge in [0, 0.05) is 12.2 Å². The average molecular weight is 365 g/mol. The number of imide groups is 2. The lowest BCUT2D eigenvalue weighted by atomic mass is 10.1. The molecular formula is C16H15ClN3O5+. The van der Waals surface area contributed by atoms with E-state index in [4.69, 9.17) is 21.9 Å². The second-order valence-electron chi connectivity index (χ2n) is 6.13. The molecule has 1 aromatic rings. The van der Waals surface area contributed by atoms with Gasteiger partial charge in [0.2, 0.25) is 0 Å². The Balaban J connectivity index is 2.25. The molecule has 1 heterocycles. The Hall–Kier alpha value is -2.87. The molecule has 1 aliphatic heterocycles. The third kappa shape index (κ3) is 3.97. The first-order valence-corrected chi connectivity index (χ1v) is 7.53. The van der Waals surface area contributed by atoms with Crippen molar-refractivity contribution in [1.82, 2.24) is 0 Å². The summed E-state index contributed by atoms with van der Waals surface area (Å²) in [4.78, 5) is 48.2. The van der Waals surface area contributed by atoms with Gasteiger partial charge in [0.25, 0.3) is 11.8 Å². The lowest BCUT2D eigenvalue weighted by molar-refractivity contribution is -0.446. The molecule has 0 fully saturated rings. The largest absolute Gasteiger partial charge is 0.631 e. The molecule has 1 aromatic carbocycles. The molecule has 0 atom stereocenters. The Morgan fingerprint density at radius 3 is 2.20 bits per heavy atom. The zero-order valence-corrected chi connectivity index (χ0v) is 14.5. The first-order chi connectivity index (χ1) is 11.5. The maximum absolute atomic E-state index is 12.2. The predicted octanol–water partition coefficient (Wildman–Crippen LogP) is 2.89. The van der Waals surface area contributed by atoms with Gasteiger partial charge in [0.1, 0.15) is 11.2 Å². The molecule has 25 heavy (non-hydrogen) atoms. The first kappa shape index (κ1) is 18.5. The van der Waals surface area contributed by atoms with E-state index in [-0.39, 0.29) is 21.0 Å². The third-order valence-corrected chi connectivity index (χ3v) is 3.34. The smallest absolute Gasteiger partial charge is 0.404 e. The summed E-state index contributed by atoms with van der Waals surface area (Å²) in [6.07, 6.45) is 1.08. The molecule has 1 N–H and O–H groups in total. The lowest BCUT2D eigenvalue weighted by Crippen LogP contribution is -2.33. The summed E-state index contributed by atoms with van der Waals surface area (Å²) in [6.45, 7) is 4.80. The summed E-state index contributed by atoms with van der Waals surface area (Å²) in [5.41, 5.74) is 6.77. The number of ether oxygens (including phenoxy) is 1. The summed E-state index contributed by atoms with van der Waals surface area (Å²) in [5, 5.41) is -0.115. The summed E-state index contributed by atoms with van der Waals surface area (Å²) in [5.74, 6) is -2.06. The highest BCUT2D eigenvalue weighted by atomic mass is 35.5. The zero-order valence-electron chi connectivity index (χ0n) is 13.7. The molecule has 9 heteroatoms. The molecule has 0 aliphatic carbocycles. The quantitative estimate of drug-likeness (QED) is 0.493. The molecule has 2 rings (SSSR count). The van der Waals surface area contributed by atoms with E-state index in [1.54, 1.807) is 20.8 Å². The van der Waals surface area contributed by atoms with Gasteiger partial charge in [-0.25, -0.2) is 9.69 Å². The Kier molecular flexibility index (Phi) is 4.85. The van der Waals surface area contributed by atoms with Crippen LogP contribution < -0.4 is 4.90 Å². The molecule has 0 aromatic heterocycles. The number of rotatable bonds is 2. The van der Waals surface area contributed by atoms with Gasteiger partial charge in [-0.2, -0.15) is 4.79 Å². The maximum Gasteiger partial charge on any atom is 0.631 e. The molecule has 1 aliphatic rings. The van der Waals surface area contributed by atoms with Crippen LogP contribution in [0.4, 0.5) is 10.5 Å². The highest BCUT2D eigenvalue weighted by Gasteiger charge is 2.36. The van der Waals surface area contributed by atoms with Crippen LogP contribution in [-0.2, 0) is 14.3 Å². The number of carbonyl (C=O) groups excluding carboxylic acids is 4. The van der Waals surface area contributed by atoms with Crippen LogP contribution in [0.15, 0.2) is 30.4 Å². The number of anilines is 1. The highest BCUT2D eigenvalue weighted by molar-refractivity contribution is 6.34. The minimum Gasteiger partial charge on any atom is -0.404 e. The van der Waals surface area contributed by atoms with Crippen LogP contribution in [0.1, 0.15) is 31.1 Å². The summed E-state index contributed by atoms with van der Waals surface area (Å²) in [6, 6.07) is 3.79. The number of hydrogen-bond donors (Lipinski definition) is 1. The third-order valence-electron chi connectivity index (χ3n) is 3.03. The van der Waals surface area contributed by atoms with E-state index < -0.39 is 29.4 Å². The minimum atomic E-state index is -1.15. The molecule has 0 saturated heterocycles. The van der Waals surface area contributed by atoms with Gasteiger partial charge in [0.05, 0.1) is 15.4 Å². The second kappa shape index (κ2) is 6.56. The molecular weight excluding hydrogens is 350 g/mol. The molecule has 0 radical (unpaired) electrons. The van der Waals surface area contributed by atoms with Gasteiger partial charge < -0.3 is 4.74 Å². The lowest BCUT2D eigenvalue weighted by Gasteiger charge is -2.15. The molecule has 4 amide bonds. The van der Waals surface area contributed by atoms with Crippen molar-refractivity contribution in [2.24, 2.45) is 0 Å². The van der Waals surface area contributed by atoms with Crippen molar-refractivity contribution in [2.45, 2.75) is 26.4 Å². The minimum absolute atomic E-state index is 0.0554. The summed E-state index contributed by atoms with van der Waals surface area (Å²) in [7, 11) is 0. The molecule has 0 spiro atoms. The zero-order chi connectivity index (χ0) is 18.9. The first-order valence-electron chi connectivity index (χ1n) is 7.15. The van der Waals surface area contributed by atoms with E-state index in [0.29, 0.717) is 0 Å². The van der Waals surface area contributed by atoms with E-state index in [2.05, 4.69) is 0 Å². The van der Waals surface area contributed by atoms with Crippen LogP contribution in [0.25, 0.3) is 0 Å². The van der Waals surface area contributed by atoms with Crippen LogP contribution in [0.3, 0.4) is 0 Å². The van der Waals surface area contributed by atoms with Crippen LogP contribution in [0.5, 0.6) is 0 Å². The molecule has 0 unspecified atom stereocenters. The van der Waals surface area contributed by atoms with E-state index in [9.17, 15) is 19.2 Å². The second-order valence-corrected chi connectivity index (χ2v) is 6.54. The van der Waals surface area contributed by atoms with Crippen LogP contribution >= 0.6 is 11.6 Å². The maximum atomic E-state index is 12.2. The van der Waals surface area contributed by atoms with Crippen LogP contribution in [0, 0.1) is 5.53 Å². The Bertz CT molecular complexity index is 821. The topological polar surface area (TPSA) is 108 Å². The fourth-order valence-corrected chi connectivity index (χ4v) is 2.24. The molecule has 0 bridgehead atoms. The number of benzene rings is 1. The van der Waals surface area contributed by atoms with Crippen molar-refractivity contribution in [3.63, 3.8) is 0 Å². The standard InChI is InChI=1S/C16H15ClN3O5/c1-16(2,3)25-15(24)20(18)14(23)10-5-4-9(8-11(10)17)19-12(21)6-7-13(19)22/h4-8,18H,1-3H3/q+1. The van der Waals surface area contributed by atoms with Crippen molar-refractivity contribution in [3.8, 4) is 0 Å². The number of amides is 4. The monoisotopic (exact) mass is 364 g/mol. The van der Waals surface area contributed by atoms with E-state index >= 15 is 0 Å². The van der Waals surface area contributed by atoms with E-state index in [1.807, 2.05) is 0 Å². The number of halogens is 1. The number of nitrogens with one attached hydrogen (secondary N) is 1. The van der Waals surface area contributed by atoms with Crippen LogP contribution in [-0.4, -0.2) is 34.1 Å². The SMILES string of the molecule is CC(C)(C)OC(=O)[N+](=N)C(=O)c1ccc(N2C(=O)C=CC2=O)cc1Cl. The van der Waals surface area contributed by atoms with Gasteiger partial charge in [-0.1, -0.05) is 11.6 Å². The highest BCUT2D eigenvalue weighted by Crippen LogP contribution is 2.26. The number of carbonyl (C=O) groups is 4. The Morgan fingerprint density at radius 1 is 1.16 bits per heavy atom. The van der Waals surface area contributed by atoms with E-state index in [0.717, 1.165) is 17.1 Å². The number of nitrogens with zero attached hydrogens (tertiary/aromatic N) is 2. The van der Waals surface area contributed by atoms with Crippen molar-refractivity contribution in [2.75, 3.05) is 4.90 Å². The van der Waals surface area contributed by atoms with Crippen molar-refractivity contribution < 1.29 is 28.6 Å². The van der Waals surface area contributed by atoms with Crippen molar-refractivity contribution in [3.05, 3.63) is 40.9 Å². The summed E-state index contributed by atoms with van der Waals surface area (Å²) >= 11 is 6.03. The summed E-state index contributed by atoms with van der Waals surface area (Å²) < 4.78 is 5.00. The fourth-order valence-electron chi connectivity index (χ4n) is 1.98.